The van der Waals surface area contributed by atoms with Crippen molar-refractivity contribution in [2.75, 3.05) is 0 Å². The van der Waals surface area contributed by atoms with E-state index >= 15 is 0 Å². The number of carbonyl (C=O) groups is 1. The van der Waals surface area contributed by atoms with Gasteiger partial charge in [-0.15, -0.1) is 6.58 Å². The molecule has 0 N–H and O–H groups in total. The molecule has 0 aromatic heterocycles. The molecule has 0 spiro atoms. The summed E-state index contributed by atoms with van der Waals surface area (Å²) in [6, 6.07) is 0. The highest BCUT2D eigenvalue weighted by Gasteiger charge is 2.19. The Balaban J connectivity index is 4.23. The van der Waals surface area contributed by atoms with Crippen LogP contribution in [0.5, 0.6) is 0 Å². The van der Waals surface area contributed by atoms with Crippen molar-refractivity contribution in [2.24, 2.45) is 5.41 Å². The topological polar surface area (TPSA) is 17.1 Å². The minimum Gasteiger partial charge on any atom is -0.303 e. The summed E-state index contributed by atoms with van der Waals surface area (Å²) in [5, 5.41) is 0. The molecule has 0 heterocycles. The average molecular weight is 166 g/mol. The Morgan fingerprint density at radius 1 is 1.42 bits per heavy atom. The fourth-order valence-corrected chi connectivity index (χ4v) is 0.947. The van der Waals surface area contributed by atoms with E-state index < -0.39 is 0 Å². The van der Waals surface area contributed by atoms with Gasteiger partial charge in [0.1, 0.15) is 6.29 Å². The van der Waals surface area contributed by atoms with Crippen LogP contribution in [0.25, 0.3) is 0 Å². The third kappa shape index (κ3) is 4.12. The highest BCUT2D eigenvalue weighted by Crippen LogP contribution is 2.24. The Bertz CT molecular complexity index is 187. The molecule has 68 valence electrons. The van der Waals surface area contributed by atoms with E-state index in [1.807, 2.05) is 20.8 Å². The molecule has 0 aromatic carbocycles. The average Bonchev–Trinajstić information content (AvgIpc) is 2.02. The second kappa shape index (κ2) is 4.91. The summed E-state index contributed by atoms with van der Waals surface area (Å²) in [6.07, 6.45) is 6.48. The van der Waals surface area contributed by atoms with Gasteiger partial charge in [0.15, 0.2) is 0 Å². The largest absolute Gasteiger partial charge is 0.303 e. The number of carbonyl (C=O) groups excluding carboxylic acids is 1. The molecule has 0 radical (unpaired) electrons. The molecule has 12 heavy (non-hydrogen) atoms. The van der Waals surface area contributed by atoms with Crippen molar-refractivity contribution in [2.45, 2.75) is 33.6 Å². The molecule has 1 heteroatoms. The summed E-state index contributed by atoms with van der Waals surface area (Å²) < 4.78 is 0. The van der Waals surface area contributed by atoms with Gasteiger partial charge in [-0.25, -0.2) is 0 Å². The summed E-state index contributed by atoms with van der Waals surface area (Å²) in [5.41, 5.74) is 1.01. The summed E-state index contributed by atoms with van der Waals surface area (Å²) >= 11 is 0. The van der Waals surface area contributed by atoms with Crippen LogP contribution < -0.4 is 0 Å². The number of hydrogen-bond acceptors (Lipinski definition) is 1. The molecule has 0 amide bonds. The lowest BCUT2D eigenvalue weighted by molar-refractivity contribution is -0.115. The maximum Gasteiger partial charge on any atom is 0.126 e. The molecule has 1 nitrogen and oxygen atoms in total. The first-order valence-corrected chi connectivity index (χ1v) is 4.24. The number of rotatable bonds is 5. The lowest BCUT2D eigenvalue weighted by Crippen LogP contribution is -2.15. The van der Waals surface area contributed by atoms with E-state index in [0.29, 0.717) is 0 Å². The van der Waals surface area contributed by atoms with Gasteiger partial charge in [-0.05, 0) is 26.7 Å². The molecule has 0 rings (SSSR count). The minimum atomic E-state index is -0.251. The van der Waals surface area contributed by atoms with Crippen molar-refractivity contribution < 1.29 is 4.79 Å². The van der Waals surface area contributed by atoms with E-state index in [0.717, 1.165) is 19.1 Å². The minimum absolute atomic E-state index is 0.251. The molecule has 0 saturated carbocycles. The molecule has 1 atom stereocenters. The molecular formula is C11H18O. The van der Waals surface area contributed by atoms with Crippen LogP contribution in [0, 0.1) is 5.41 Å². The summed E-state index contributed by atoms with van der Waals surface area (Å²) in [5.74, 6) is 0. The number of allylic oxidation sites excluding steroid dienone is 3. The van der Waals surface area contributed by atoms with Gasteiger partial charge in [0.2, 0.25) is 0 Å². The van der Waals surface area contributed by atoms with E-state index in [9.17, 15) is 4.79 Å². The third-order valence-corrected chi connectivity index (χ3v) is 1.87. The Morgan fingerprint density at radius 2 is 2.00 bits per heavy atom. The molecular weight excluding hydrogens is 148 g/mol. The van der Waals surface area contributed by atoms with Gasteiger partial charge in [0.05, 0.1) is 0 Å². The van der Waals surface area contributed by atoms with Crippen LogP contribution in [0.3, 0.4) is 0 Å². The Hall–Kier alpha value is -0.850. The van der Waals surface area contributed by atoms with Gasteiger partial charge in [-0.3, -0.25) is 0 Å². The summed E-state index contributed by atoms with van der Waals surface area (Å²) in [7, 11) is 0. The maximum absolute atomic E-state index is 10.8. The normalized spacial score (nSPS) is 14.6. The van der Waals surface area contributed by atoms with Crippen LogP contribution in [0.2, 0.25) is 0 Å². The fraction of sp³-hybridized carbons (Fsp3) is 0.545. The summed E-state index contributed by atoms with van der Waals surface area (Å²) in [6.45, 7) is 9.68. The van der Waals surface area contributed by atoms with Crippen LogP contribution in [-0.4, -0.2) is 6.29 Å². The van der Waals surface area contributed by atoms with E-state index in [-0.39, 0.29) is 5.41 Å². The SMILES string of the molecule is C=CCC(C)(C=O)CC=C(C)C. The lowest BCUT2D eigenvalue weighted by Gasteiger charge is -2.18. The zero-order valence-electron chi connectivity index (χ0n) is 8.26. The Morgan fingerprint density at radius 3 is 2.33 bits per heavy atom. The molecule has 0 saturated heterocycles. The monoisotopic (exact) mass is 166 g/mol. The van der Waals surface area contributed by atoms with Gasteiger partial charge in [0.25, 0.3) is 0 Å². The van der Waals surface area contributed by atoms with Crippen LogP contribution in [0.4, 0.5) is 0 Å². The van der Waals surface area contributed by atoms with Crippen molar-refractivity contribution in [3.63, 3.8) is 0 Å². The van der Waals surface area contributed by atoms with Crippen LogP contribution in [-0.2, 0) is 4.79 Å². The smallest absolute Gasteiger partial charge is 0.126 e. The van der Waals surface area contributed by atoms with Crippen molar-refractivity contribution in [1.82, 2.24) is 0 Å². The molecule has 0 aliphatic rings. The molecule has 1 unspecified atom stereocenters. The van der Waals surface area contributed by atoms with Gasteiger partial charge in [-0.2, -0.15) is 0 Å². The van der Waals surface area contributed by atoms with Crippen molar-refractivity contribution in [1.29, 1.82) is 0 Å². The van der Waals surface area contributed by atoms with E-state index in [1.54, 1.807) is 6.08 Å². The van der Waals surface area contributed by atoms with Crippen LogP contribution >= 0.6 is 0 Å². The zero-order chi connectivity index (χ0) is 9.61. The van der Waals surface area contributed by atoms with Crippen molar-refractivity contribution >= 4 is 6.29 Å². The Kier molecular flexibility index (Phi) is 4.57. The molecule has 0 bridgehead atoms. The van der Waals surface area contributed by atoms with Crippen molar-refractivity contribution in [3.8, 4) is 0 Å². The molecule has 0 aliphatic heterocycles. The molecule has 0 aromatic rings. The standard InChI is InChI=1S/C11H18O/c1-5-7-11(4,9-12)8-6-10(2)3/h5-6,9H,1,7-8H2,2-4H3. The zero-order valence-corrected chi connectivity index (χ0v) is 8.26. The van der Waals surface area contributed by atoms with Crippen LogP contribution in [0.15, 0.2) is 24.3 Å². The van der Waals surface area contributed by atoms with Gasteiger partial charge >= 0.3 is 0 Å². The highest BCUT2D eigenvalue weighted by atomic mass is 16.1. The Labute approximate surface area is 75.2 Å². The first-order valence-electron chi connectivity index (χ1n) is 4.24. The molecule has 0 aliphatic carbocycles. The van der Waals surface area contributed by atoms with E-state index in [1.165, 1.54) is 5.57 Å². The second-order valence-corrected chi connectivity index (χ2v) is 3.75. The van der Waals surface area contributed by atoms with Gasteiger partial charge in [0, 0.05) is 5.41 Å². The third-order valence-electron chi connectivity index (χ3n) is 1.87. The second-order valence-electron chi connectivity index (χ2n) is 3.75. The first-order chi connectivity index (χ1) is 5.54. The van der Waals surface area contributed by atoms with Crippen molar-refractivity contribution in [3.05, 3.63) is 24.3 Å². The lowest BCUT2D eigenvalue weighted by atomic mass is 9.84. The van der Waals surface area contributed by atoms with E-state index in [2.05, 4.69) is 12.7 Å². The maximum atomic E-state index is 10.8. The quantitative estimate of drug-likeness (QED) is 0.453. The van der Waals surface area contributed by atoms with Crippen LogP contribution in [0.1, 0.15) is 33.6 Å². The number of aldehydes is 1. The highest BCUT2D eigenvalue weighted by molar-refractivity contribution is 5.59. The molecule has 0 fully saturated rings. The van der Waals surface area contributed by atoms with Gasteiger partial charge in [-0.1, -0.05) is 24.6 Å². The van der Waals surface area contributed by atoms with E-state index in [4.69, 9.17) is 0 Å². The fourth-order valence-electron chi connectivity index (χ4n) is 0.947. The predicted octanol–water partition coefficient (Wildman–Crippen LogP) is 3.12. The first kappa shape index (κ1) is 11.2. The number of hydrogen-bond donors (Lipinski definition) is 0. The predicted molar refractivity (Wildman–Crippen MR) is 53.0 cm³/mol. The summed E-state index contributed by atoms with van der Waals surface area (Å²) in [4.78, 5) is 10.8. The van der Waals surface area contributed by atoms with Gasteiger partial charge < -0.3 is 4.79 Å².